The Bertz CT molecular complexity index is 728. The van der Waals surface area contributed by atoms with Gasteiger partial charge >= 0.3 is 0 Å². The van der Waals surface area contributed by atoms with Crippen LogP contribution in [-0.2, 0) is 0 Å². The Morgan fingerprint density at radius 3 is 2.65 bits per heavy atom. The molecule has 2 heterocycles. The Kier molecular flexibility index (Phi) is 3.29. The molecule has 2 aromatic rings. The van der Waals surface area contributed by atoms with E-state index in [1.807, 2.05) is 11.0 Å². The fraction of sp³-hybridized carbons (Fsp3) is 0.389. The summed E-state index contributed by atoms with van der Waals surface area (Å²) in [6.45, 7) is 1.48. The van der Waals surface area contributed by atoms with Crippen molar-refractivity contribution >= 4 is 5.91 Å². The molecule has 1 spiro atoms. The van der Waals surface area contributed by atoms with Gasteiger partial charge in [0.05, 0.1) is 12.4 Å². The van der Waals surface area contributed by atoms with Gasteiger partial charge in [0.1, 0.15) is 0 Å². The summed E-state index contributed by atoms with van der Waals surface area (Å²) in [5.74, 6) is 0.0257. The van der Waals surface area contributed by atoms with Gasteiger partial charge in [0.25, 0.3) is 5.91 Å². The molecule has 23 heavy (non-hydrogen) atoms. The number of hydrogen-bond donors (Lipinski definition) is 1. The van der Waals surface area contributed by atoms with E-state index in [1.165, 1.54) is 37.2 Å². The average Bonchev–Trinajstić information content (AvgIpc) is 2.96. The first-order chi connectivity index (χ1) is 11.2. The molecule has 0 bridgehead atoms. The van der Waals surface area contributed by atoms with Crippen LogP contribution in [0, 0.1) is 5.41 Å². The topological polar surface area (TPSA) is 66.3 Å². The van der Waals surface area contributed by atoms with Crippen molar-refractivity contribution in [1.29, 1.82) is 0 Å². The Morgan fingerprint density at radius 1 is 1.22 bits per heavy atom. The zero-order chi connectivity index (χ0) is 15.9. The lowest BCUT2D eigenvalue weighted by Crippen LogP contribution is -2.37. The number of aromatic nitrogens is 2. The number of likely N-dealkylation sites (tertiary alicyclic amines) is 1. The molecule has 1 saturated heterocycles. The molecule has 5 heteroatoms. The lowest BCUT2D eigenvalue weighted by Gasteiger charge is -2.43. The molecule has 1 aromatic heterocycles. The average molecular weight is 309 g/mol. The van der Waals surface area contributed by atoms with E-state index in [1.54, 1.807) is 0 Å². The summed E-state index contributed by atoms with van der Waals surface area (Å²) in [6, 6.07) is 10.5. The molecule has 1 amide bonds. The molecular formula is C18H19N3O2. The SMILES string of the molecule is O=C(c1cncc(O)n1)N1C[C@@H](c2ccccc2)C2(CCC2)C1. The van der Waals surface area contributed by atoms with Crippen LogP contribution in [0.1, 0.15) is 41.2 Å². The third-order valence-corrected chi connectivity index (χ3v) is 5.33. The Labute approximate surface area is 135 Å². The van der Waals surface area contributed by atoms with E-state index in [2.05, 4.69) is 34.2 Å². The normalized spacial score (nSPS) is 22.1. The van der Waals surface area contributed by atoms with Crippen LogP contribution in [0.15, 0.2) is 42.7 Å². The van der Waals surface area contributed by atoms with Crippen molar-refractivity contribution in [3.8, 4) is 5.88 Å². The monoisotopic (exact) mass is 309 g/mol. The molecule has 5 nitrogen and oxygen atoms in total. The fourth-order valence-electron chi connectivity index (χ4n) is 4.03. The number of nitrogens with zero attached hydrogens (tertiary/aromatic N) is 3. The molecule has 1 N–H and O–H groups in total. The van der Waals surface area contributed by atoms with Gasteiger partial charge in [0.15, 0.2) is 5.69 Å². The second-order valence-corrected chi connectivity index (χ2v) is 6.63. The van der Waals surface area contributed by atoms with E-state index in [-0.39, 0.29) is 22.9 Å². The van der Waals surface area contributed by atoms with Gasteiger partial charge < -0.3 is 10.0 Å². The van der Waals surface area contributed by atoms with Gasteiger partial charge in [-0.1, -0.05) is 36.8 Å². The van der Waals surface area contributed by atoms with Crippen LogP contribution in [0.2, 0.25) is 0 Å². The first-order valence-electron chi connectivity index (χ1n) is 8.03. The second kappa shape index (κ2) is 5.33. The summed E-state index contributed by atoms with van der Waals surface area (Å²) < 4.78 is 0. The summed E-state index contributed by atoms with van der Waals surface area (Å²) in [4.78, 5) is 22.4. The van der Waals surface area contributed by atoms with Gasteiger partial charge in [-0.05, 0) is 23.8 Å². The Hall–Kier alpha value is -2.43. The number of rotatable bonds is 2. The molecule has 1 aliphatic heterocycles. The summed E-state index contributed by atoms with van der Waals surface area (Å²) >= 11 is 0. The summed E-state index contributed by atoms with van der Waals surface area (Å²) in [6.07, 6.45) is 6.23. The van der Waals surface area contributed by atoms with Crippen LogP contribution in [0.5, 0.6) is 5.88 Å². The number of amides is 1. The summed E-state index contributed by atoms with van der Waals surface area (Å²) in [5.41, 5.74) is 1.74. The van der Waals surface area contributed by atoms with Crippen LogP contribution >= 0.6 is 0 Å². The highest BCUT2D eigenvalue weighted by atomic mass is 16.3. The van der Waals surface area contributed by atoms with Crippen LogP contribution in [0.25, 0.3) is 0 Å². The lowest BCUT2D eigenvalue weighted by atomic mass is 9.61. The number of benzene rings is 1. The van der Waals surface area contributed by atoms with Crippen LogP contribution in [0.4, 0.5) is 0 Å². The maximum absolute atomic E-state index is 12.7. The van der Waals surface area contributed by atoms with E-state index < -0.39 is 0 Å². The van der Waals surface area contributed by atoms with Crippen molar-refractivity contribution < 1.29 is 9.90 Å². The molecule has 2 fully saturated rings. The van der Waals surface area contributed by atoms with E-state index in [0.717, 1.165) is 6.54 Å². The highest BCUT2D eigenvalue weighted by molar-refractivity contribution is 5.92. The molecule has 118 valence electrons. The Balaban J connectivity index is 1.61. The van der Waals surface area contributed by atoms with Gasteiger partial charge in [-0.2, -0.15) is 0 Å². The van der Waals surface area contributed by atoms with Gasteiger partial charge in [0.2, 0.25) is 5.88 Å². The van der Waals surface area contributed by atoms with Gasteiger partial charge in [0, 0.05) is 19.0 Å². The maximum atomic E-state index is 12.7. The quantitative estimate of drug-likeness (QED) is 0.926. The maximum Gasteiger partial charge on any atom is 0.274 e. The van der Waals surface area contributed by atoms with Gasteiger partial charge in [-0.15, -0.1) is 0 Å². The van der Waals surface area contributed by atoms with Crippen LogP contribution < -0.4 is 0 Å². The first-order valence-corrected chi connectivity index (χ1v) is 8.03. The predicted octanol–water partition coefficient (Wildman–Crippen LogP) is 2.59. The highest BCUT2D eigenvalue weighted by Crippen LogP contribution is 2.55. The number of hydrogen-bond acceptors (Lipinski definition) is 4. The zero-order valence-electron chi connectivity index (χ0n) is 12.9. The molecule has 0 radical (unpaired) electrons. The standard InChI is InChI=1S/C18H19N3O2/c22-16-10-19-9-15(20-16)17(23)21-11-14(13-5-2-1-3-6-13)18(12-21)7-4-8-18/h1-3,5-6,9-10,14H,4,7-8,11-12H2,(H,20,22)/t14-/m0/s1. The fourth-order valence-corrected chi connectivity index (χ4v) is 4.03. The van der Waals surface area contributed by atoms with E-state index in [4.69, 9.17) is 0 Å². The van der Waals surface area contributed by atoms with Crippen molar-refractivity contribution in [2.45, 2.75) is 25.2 Å². The van der Waals surface area contributed by atoms with E-state index in [9.17, 15) is 9.90 Å². The smallest absolute Gasteiger partial charge is 0.274 e. The zero-order valence-corrected chi connectivity index (χ0v) is 12.9. The van der Waals surface area contributed by atoms with E-state index >= 15 is 0 Å². The molecular weight excluding hydrogens is 290 g/mol. The van der Waals surface area contributed by atoms with Crippen molar-refractivity contribution in [1.82, 2.24) is 14.9 Å². The first kappa shape index (κ1) is 14.2. The van der Waals surface area contributed by atoms with Crippen molar-refractivity contribution in [2.24, 2.45) is 5.41 Å². The summed E-state index contributed by atoms with van der Waals surface area (Å²) in [5, 5.41) is 9.45. The molecule has 4 rings (SSSR count). The minimum absolute atomic E-state index is 0.141. The van der Waals surface area contributed by atoms with Crippen LogP contribution in [0.3, 0.4) is 0 Å². The number of carbonyl (C=O) groups is 1. The lowest BCUT2D eigenvalue weighted by molar-refractivity contribution is 0.0718. The highest BCUT2D eigenvalue weighted by Gasteiger charge is 2.52. The van der Waals surface area contributed by atoms with Gasteiger partial charge in [-0.25, -0.2) is 4.98 Å². The van der Waals surface area contributed by atoms with Crippen molar-refractivity contribution in [2.75, 3.05) is 13.1 Å². The van der Waals surface area contributed by atoms with Crippen molar-refractivity contribution in [3.63, 3.8) is 0 Å². The molecule has 0 unspecified atom stereocenters. The number of aromatic hydroxyl groups is 1. The molecule has 1 saturated carbocycles. The summed E-state index contributed by atoms with van der Waals surface area (Å²) in [7, 11) is 0. The largest absolute Gasteiger partial charge is 0.492 e. The third kappa shape index (κ3) is 2.36. The van der Waals surface area contributed by atoms with Gasteiger partial charge in [-0.3, -0.25) is 9.78 Å². The molecule has 1 atom stereocenters. The minimum atomic E-state index is -0.215. The van der Waals surface area contributed by atoms with Crippen molar-refractivity contribution in [3.05, 3.63) is 54.0 Å². The number of carbonyl (C=O) groups excluding carboxylic acids is 1. The minimum Gasteiger partial charge on any atom is -0.492 e. The molecule has 1 aromatic carbocycles. The predicted molar refractivity (Wildman–Crippen MR) is 85.1 cm³/mol. The third-order valence-electron chi connectivity index (χ3n) is 5.33. The molecule has 1 aliphatic carbocycles. The van der Waals surface area contributed by atoms with Crippen LogP contribution in [-0.4, -0.2) is 39.0 Å². The Morgan fingerprint density at radius 2 is 2.00 bits per heavy atom. The second-order valence-electron chi connectivity index (χ2n) is 6.63. The van der Waals surface area contributed by atoms with E-state index in [0.29, 0.717) is 12.5 Å². The molecule has 2 aliphatic rings.